The van der Waals surface area contributed by atoms with Crippen molar-refractivity contribution in [2.45, 2.75) is 45.8 Å². The molecule has 0 aliphatic carbocycles. The number of benzene rings is 1. The predicted octanol–water partition coefficient (Wildman–Crippen LogP) is 4.02. The van der Waals surface area contributed by atoms with Gasteiger partial charge in [0.1, 0.15) is 0 Å². The van der Waals surface area contributed by atoms with Crippen LogP contribution in [0.3, 0.4) is 0 Å². The second-order valence-corrected chi connectivity index (χ2v) is 5.43. The van der Waals surface area contributed by atoms with Crippen LogP contribution in [-0.4, -0.2) is 17.3 Å². The SMILES string of the molecule is CCc1cccc2ccn(CCC(C)(C)OC)c12. The normalized spacial score (nSPS) is 12.2. The standard InChI is InChI=1S/C16H23NO/c1-5-13-7-6-8-14-9-11-17(15(13)14)12-10-16(2,3)18-4/h6-9,11H,5,10,12H2,1-4H3. The fourth-order valence-corrected chi connectivity index (χ4v) is 2.30. The Balaban J connectivity index is 2.29. The van der Waals surface area contributed by atoms with E-state index in [0.717, 1.165) is 19.4 Å². The minimum Gasteiger partial charge on any atom is -0.379 e. The topological polar surface area (TPSA) is 14.2 Å². The van der Waals surface area contributed by atoms with E-state index in [1.807, 2.05) is 0 Å². The molecule has 0 aliphatic rings. The number of fused-ring (bicyclic) bond motifs is 1. The first-order chi connectivity index (χ1) is 8.57. The average molecular weight is 245 g/mol. The van der Waals surface area contributed by atoms with Crippen LogP contribution in [0.15, 0.2) is 30.5 Å². The van der Waals surface area contributed by atoms with Crippen LogP contribution in [0.25, 0.3) is 10.9 Å². The molecule has 0 N–H and O–H groups in total. The first kappa shape index (κ1) is 13.2. The number of hydrogen-bond donors (Lipinski definition) is 0. The Labute approximate surface area is 110 Å². The van der Waals surface area contributed by atoms with E-state index in [1.54, 1.807) is 7.11 Å². The van der Waals surface area contributed by atoms with Crippen molar-refractivity contribution in [2.24, 2.45) is 0 Å². The molecule has 2 nitrogen and oxygen atoms in total. The minimum absolute atomic E-state index is 0.0578. The Morgan fingerprint density at radius 2 is 2.00 bits per heavy atom. The van der Waals surface area contributed by atoms with Gasteiger partial charge in [-0.15, -0.1) is 0 Å². The van der Waals surface area contributed by atoms with E-state index in [1.165, 1.54) is 16.5 Å². The van der Waals surface area contributed by atoms with Crippen molar-refractivity contribution < 1.29 is 4.74 Å². The molecule has 18 heavy (non-hydrogen) atoms. The van der Waals surface area contributed by atoms with Gasteiger partial charge in [-0.3, -0.25) is 0 Å². The highest BCUT2D eigenvalue weighted by atomic mass is 16.5. The third kappa shape index (κ3) is 2.59. The molecule has 0 unspecified atom stereocenters. The maximum Gasteiger partial charge on any atom is 0.0639 e. The summed E-state index contributed by atoms with van der Waals surface area (Å²) in [4.78, 5) is 0. The maximum absolute atomic E-state index is 5.49. The van der Waals surface area contributed by atoms with Gasteiger partial charge in [0.25, 0.3) is 0 Å². The minimum atomic E-state index is -0.0578. The molecule has 2 heteroatoms. The Bertz CT molecular complexity index is 525. The number of ether oxygens (including phenoxy) is 1. The summed E-state index contributed by atoms with van der Waals surface area (Å²) >= 11 is 0. The lowest BCUT2D eigenvalue weighted by Gasteiger charge is -2.23. The number of para-hydroxylation sites is 1. The monoisotopic (exact) mass is 245 g/mol. The van der Waals surface area contributed by atoms with Crippen molar-refractivity contribution in [3.8, 4) is 0 Å². The van der Waals surface area contributed by atoms with E-state index in [9.17, 15) is 0 Å². The summed E-state index contributed by atoms with van der Waals surface area (Å²) in [5, 5.41) is 1.34. The maximum atomic E-state index is 5.49. The van der Waals surface area contributed by atoms with Gasteiger partial charge in [-0.05, 0) is 43.7 Å². The molecule has 0 amide bonds. The van der Waals surface area contributed by atoms with E-state index in [4.69, 9.17) is 4.74 Å². The first-order valence-corrected chi connectivity index (χ1v) is 6.69. The van der Waals surface area contributed by atoms with Crippen molar-refractivity contribution in [3.05, 3.63) is 36.0 Å². The molecular weight excluding hydrogens is 222 g/mol. The van der Waals surface area contributed by atoms with Crippen molar-refractivity contribution in [2.75, 3.05) is 7.11 Å². The Hall–Kier alpha value is -1.28. The molecule has 0 aliphatic heterocycles. The lowest BCUT2D eigenvalue weighted by molar-refractivity contribution is 0.0123. The van der Waals surface area contributed by atoms with E-state index in [0.29, 0.717) is 0 Å². The zero-order valence-electron chi connectivity index (χ0n) is 11.9. The van der Waals surface area contributed by atoms with Crippen molar-refractivity contribution in [3.63, 3.8) is 0 Å². The summed E-state index contributed by atoms with van der Waals surface area (Å²) in [6, 6.07) is 8.76. The van der Waals surface area contributed by atoms with Crippen LogP contribution in [0.2, 0.25) is 0 Å². The number of methoxy groups -OCH3 is 1. The third-order valence-corrected chi connectivity index (χ3v) is 3.76. The van der Waals surface area contributed by atoms with Crippen LogP contribution in [0.5, 0.6) is 0 Å². The largest absolute Gasteiger partial charge is 0.379 e. The van der Waals surface area contributed by atoms with Crippen molar-refractivity contribution in [1.82, 2.24) is 4.57 Å². The predicted molar refractivity (Wildman–Crippen MR) is 77.0 cm³/mol. The van der Waals surface area contributed by atoms with E-state index >= 15 is 0 Å². The second kappa shape index (κ2) is 5.15. The smallest absolute Gasteiger partial charge is 0.0639 e. The third-order valence-electron chi connectivity index (χ3n) is 3.76. The van der Waals surface area contributed by atoms with E-state index < -0.39 is 0 Å². The fraction of sp³-hybridized carbons (Fsp3) is 0.500. The van der Waals surface area contributed by atoms with Gasteiger partial charge in [0.05, 0.1) is 11.1 Å². The zero-order valence-corrected chi connectivity index (χ0v) is 11.9. The summed E-state index contributed by atoms with van der Waals surface area (Å²) < 4.78 is 7.85. The number of aryl methyl sites for hydroxylation is 2. The summed E-state index contributed by atoms with van der Waals surface area (Å²) in [6.45, 7) is 7.49. The van der Waals surface area contributed by atoms with Crippen LogP contribution in [0.1, 0.15) is 32.8 Å². The van der Waals surface area contributed by atoms with Gasteiger partial charge in [-0.1, -0.05) is 25.1 Å². The molecule has 0 spiro atoms. The Morgan fingerprint density at radius 1 is 1.22 bits per heavy atom. The van der Waals surface area contributed by atoms with Gasteiger partial charge in [-0.2, -0.15) is 0 Å². The molecule has 0 bridgehead atoms. The molecule has 0 radical (unpaired) electrons. The number of rotatable bonds is 5. The molecule has 2 aromatic rings. The highest BCUT2D eigenvalue weighted by Gasteiger charge is 2.16. The van der Waals surface area contributed by atoms with Crippen molar-refractivity contribution >= 4 is 10.9 Å². The van der Waals surface area contributed by atoms with Gasteiger partial charge in [-0.25, -0.2) is 0 Å². The molecule has 0 saturated carbocycles. The summed E-state index contributed by atoms with van der Waals surface area (Å²) in [5.74, 6) is 0. The summed E-state index contributed by atoms with van der Waals surface area (Å²) in [6.07, 6.45) is 4.29. The lowest BCUT2D eigenvalue weighted by Crippen LogP contribution is -2.24. The van der Waals surface area contributed by atoms with Gasteiger partial charge in [0.2, 0.25) is 0 Å². The molecule has 98 valence electrons. The number of nitrogens with zero attached hydrogens (tertiary/aromatic N) is 1. The zero-order chi connectivity index (χ0) is 13.2. The molecule has 0 atom stereocenters. The van der Waals surface area contributed by atoms with Crippen LogP contribution < -0.4 is 0 Å². The second-order valence-electron chi connectivity index (χ2n) is 5.43. The van der Waals surface area contributed by atoms with Gasteiger partial charge >= 0.3 is 0 Å². The molecule has 1 heterocycles. The van der Waals surface area contributed by atoms with Crippen LogP contribution >= 0.6 is 0 Å². The quantitative estimate of drug-likeness (QED) is 0.776. The first-order valence-electron chi connectivity index (χ1n) is 6.69. The summed E-state index contributed by atoms with van der Waals surface area (Å²) in [5.41, 5.74) is 2.75. The molecule has 1 aromatic heterocycles. The number of hydrogen-bond acceptors (Lipinski definition) is 1. The van der Waals surface area contributed by atoms with Crippen molar-refractivity contribution in [1.29, 1.82) is 0 Å². The Morgan fingerprint density at radius 3 is 2.67 bits per heavy atom. The van der Waals surface area contributed by atoms with Crippen LogP contribution in [0, 0.1) is 0 Å². The highest BCUT2D eigenvalue weighted by molar-refractivity contribution is 5.83. The van der Waals surface area contributed by atoms with Crippen LogP contribution in [-0.2, 0) is 17.7 Å². The molecule has 0 fully saturated rings. The Kier molecular flexibility index (Phi) is 3.76. The average Bonchev–Trinajstić information content (AvgIpc) is 2.79. The molecule has 2 rings (SSSR count). The lowest BCUT2D eigenvalue weighted by atomic mass is 10.1. The molecule has 0 saturated heterocycles. The van der Waals surface area contributed by atoms with Gasteiger partial charge in [0.15, 0.2) is 0 Å². The van der Waals surface area contributed by atoms with Gasteiger partial charge in [0, 0.05) is 19.9 Å². The molecular formula is C16H23NO. The molecule has 1 aromatic carbocycles. The fourth-order valence-electron chi connectivity index (χ4n) is 2.30. The van der Waals surface area contributed by atoms with Gasteiger partial charge < -0.3 is 9.30 Å². The number of aromatic nitrogens is 1. The highest BCUT2D eigenvalue weighted by Crippen LogP contribution is 2.23. The summed E-state index contributed by atoms with van der Waals surface area (Å²) in [7, 11) is 1.78. The van der Waals surface area contributed by atoms with E-state index in [-0.39, 0.29) is 5.60 Å². The van der Waals surface area contributed by atoms with E-state index in [2.05, 4.69) is 55.8 Å². The van der Waals surface area contributed by atoms with Crippen LogP contribution in [0.4, 0.5) is 0 Å².